The highest BCUT2D eigenvalue weighted by Crippen LogP contribution is 2.36. The monoisotopic (exact) mass is 256 g/mol. The van der Waals surface area contributed by atoms with E-state index >= 15 is 0 Å². The molecule has 0 bridgehead atoms. The Morgan fingerprint density at radius 3 is 2.53 bits per heavy atom. The number of hydrogen-bond donors (Lipinski definition) is 0. The Balaban J connectivity index is 2.14. The maximum absolute atomic E-state index is 12.3. The molecule has 2 rings (SSSR count). The van der Waals surface area contributed by atoms with Gasteiger partial charge in [0.05, 0.1) is 0 Å². The smallest absolute Gasteiger partial charge is 0.185 e. The average molecular weight is 256 g/mol. The van der Waals surface area contributed by atoms with Gasteiger partial charge in [-0.25, -0.2) is 0 Å². The van der Waals surface area contributed by atoms with Gasteiger partial charge < -0.3 is 0 Å². The third kappa shape index (κ3) is 3.56. The van der Waals surface area contributed by atoms with Crippen LogP contribution in [0.15, 0.2) is 42.0 Å². The van der Waals surface area contributed by atoms with Gasteiger partial charge in [-0.05, 0) is 43.1 Å². The summed E-state index contributed by atoms with van der Waals surface area (Å²) in [7, 11) is 0. The molecule has 1 saturated carbocycles. The minimum Gasteiger partial charge on any atom is -0.289 e. The van der Waals surface area contributed by atoms with E-state index in [0.717, 1.165) is 17.9 Å². The van der Waals surface area contributed by atoms with Crippen molar-refractivity contribution in [3.05, 3.63) is 47.5 Å². The summed E-state index contributed by atoms with van der Waals surface area (Å²) < 4.78 is 0. The molecule has 0 aromatic heterocycles. The normalized spacial score (nSPS) is 25.8. The Hall–Kier alpha value is -1.37. The predicted octanol–water partition coefficient (Wildman–Crippen LogP) is 4.89. The number of hydrogen-bond acceptors (Lipinski definition) is 1. The number of carbonyl (C=O) groups excluding carboxylic acids is 1. The van der Waals surface area contributed by atoms with Crippen LogP contribution in [0.1, 0.15) is 50.4 Å². The van der Waals surface area contributed by atoms with Crippen molar-refractivity contribution < 1.29 is 4.79 Å². The van der Waals surface area contributed by atoms with Crippen molar-refractivity contribution in [1.29, 1.82) is 0 Å². The summed E-state index contributed by atoms with van der Waals surface area (Å²) in [5, 5.41) is 0. The molecular weight excluding hydrogens is 232 g/mol. The Morgan fingerprint density at radius 1 is 1.21 bits per heavy atom. The van der Waals surface area contributed by atoms with Gasteiger partial charge in [0.15, 0.2) is 5.78 Å². The summed E-state index contributed by atoms with van der Waals surface area (Å²) in [6, 6.07) is 9.58. The summed E-state index contributed by atoms with van der Waals surface area (Å²) in [6.45, 7) is 6.83. The fraction of sp³-hybridized carbons (Fsp3) is 0.500. The SMILES string of the molecule is CC(C)[C@H]1CC[C@H](C)/C(=C/C(=O)c2ccccc2)C1. The van der Waals surface area contributed by atoms with Crippen LogP contribution in [0, 0.1) is 17.8 Å². The molecular formula is C18H24O. The summed E-state index contributed by atoms with van der Waals surface area (Å²) in [5.41, 5.74) is 2.15. The number of allylic oxidation sites excluding steroid dienone is 2. The van der Waals surface area contributed by atoms with E-state index in [0.29, 0.717) is 11.8 Å². The standard InChI is InChI=1S/C18H24O/c1-13(2)16-10-9-14(3)17(11-16)12-18(19)15-7-5-4-6-8-15/h4-8,12-14,16H,9-11H2,1-3H3/b17-12+/t14-,16-/m0/s1. The second-order valence-corrected chi connectivity index (χ2v) is 6.14. The van der Waals surface area contributed by atoms with E-state index in [1.165, 1.54) is 18.4 Å². The van der Waals surface area contributed by atoms with Crippen molar-refractivity contribution in [3.8, 4) is 0 Å². The van der Waals surface area contributed by atoms with Crippen molar-refractivity contribution in [3.63, 3.8) is 0 Å². The third-order valence-electron chi connectivity index (χ3n) is 4.42. The maximum atomic E-state index is 12.3. The predicted molar refractivity (Wildman–Crippen MR) is 80.2 cm³/mol. The van der Waals surface area contributed by atoms with E-state index in [1.54, 1.807) is 0 Å². The van der Waals surface area contributed by atoms with E-state index in [4.69, 9.17) is 0 Å². The summed E-state index contributed by atoms with van der Waals surface area (Å²) in [6.07, 6.45) is 5.51. The summed E-state index contributed by atoms with van der Waals surface area (Å²) >= 11 is 0. The van der Waals surface area contributed by atoms with Crippen LogP contribution in [0.2, 0.25) is 0 Å². The minimum atomic E-state index is 0.159. The first-order chi connectivity index (χ1) is 9.08. The molecule has 2 atom stereocenters. The van der Waals surface area contributed by atoms with Crippen LogP contribution >= 0.6 is 0 Å². The third-order valence-corrected chi connectivity index (χ3v) is 4.42. The van der Waals surface area contributed by atoms with E-state index in [-0.39, 0.29) is 5.78 Å². The second kappa shape index (κ2) is 6.18. The van der Waals surface area contributed by atoms with E-state index in [9.17, 15) is 4.79 Å². The van der Waals surface area contributed by atoms with Gasteiger partial charge in [-0.2, -0.15) is 0 Å². The van der Waals surface area contributed by atoms with Crippen LogP contribution in [0.3, 0.4) is 0 Å². The molecule has 19 heavy (non-hydrogen) atoms. The fourth-order valence-corrected chi connectivity index (χ4v) is 2.88. The molecule has 1 fully saturated rings. The lowest BCUT2D eigenvalue weighted by Crippen LogP contribution is -2.20. The van der Waals surface area contributed by atoms with Gasteiger partial charge in [0.2, 0.25) is 0 Å². The van der Waals surface area contributed by atoms with Crippen LogP contribution in [0.4, 0.5) is 0 Å². The molecule has 1 nitrogen and oxygen atoms in total. The van der Waals surface area contributed by atoms with Gasteiger partial charge in [0.25, 0.3) is 0 Å². The van der Waals surface area contributed by atoms with E-state index < -0.39 is 0 Å². The van der Waals surface area contributed by atoms with Gasteiger partial charge in [0, 0.05) is 5.56 Å². The molecule has 1 aromatic rings. The zero-order valence-electron chi connectivity index (χ0n) is 12.2. The van der Waals surface area contributed by atoms with E-state index in [2.05, 4.69) is 20.8 Å². The zero-order valence-corrected chi connectivity index (χ0v) is 12.2. The first kappa shape index (κ1) is 14.0. The highest BCUT2D eigenvalue weighted by Gasteiger charge is 2.25. The molecule has 0 aliphatic heterocycles. The highest BCUT2D eigenvalue weighted by atomic mass is 16.1. The largest absolute Gasteiger partial charge is 0.289 e. The molecule has 0 heterocycles. The Bertz CT molecular complexity index is 456. The first-order valence-corrected chi connectivity index (χ1v) is 7.37. The van der Waals surface area contributed by atoms with Crippen LogP contribution < -0.4 is 0 Å². The molecule has 1 aliphatic rings. The van der Waals surface area contributed by atoms with Crippen molar-refractivity contribution in [2.75, 3.05) is 0 Å². The number of ketones is 1. The number of benzene rings is 1. The molecule has 0 N–H and O–H groups in total. The number of rotatable bonds is 3. The Labute approximate surface area is 116 Å². The van der Waals surface area contributed by atoms with Gasteiger partial charge >= 0.3 is 0 Å². The lowest BCUT2D eigenvalue weighted by atomic mass is 9.74. The lowest BCUT2D eigenvalue weighted by molar-refractivity contribution is 0.104. The quantitative estimate of drug-likeness (QED) is 0.556. The summed E-state index contributed by atoms with van der Waals surface area (Å²) in [4.78, 5) is 12.3. The maximum Gasteiger partial charge on any atom is 0.185 e. The van der Waals surface area contributed by atoms with Gasteiger partial charge in [-0.3, -0.25) is 4.79 Å². The summed E-state index contributed by atoms with van der Waals surface area (Å²) in [5.74, 6) is 2.17. The molecule has 1 heteroatoms. The average Bonchev–Trinajstić information content (AvgIpc) is 2.42. The van der Waals surface area contributed by atoms with E-state index in [1.807, 2.05) is 36.4 Å². The molecule has 1 aromatic carbocycles. The van der Waals surface area contributed by atoms with Crippen molar-refractivity contribution in [1.82, 2.24) is 0 Å². The molecule has 0 saturated heterocycles. The van der Waals surface area contributed by atoms with Gasteiger partial charge in [0.1, 0.15) is 0 Å². The van der Waals surface area contributed by atoms with Gasteiger partial charge in [-0.1, -0.05) is 56.7 Å². The lowest BCUT2D eigenvalue weighted by Gasteiger charge is -2.31. The fourth-order valence-electron chi connectivity index (χ4n) is 2.88. The topological polar surface area (TPSA) is 17.1 Å². The molecule has 0 amide bonds. The van der Waals surface area contributed by atoms with Crippen LogP contribution in [-0.2, 0) is 0 Å². The molecule has 1 aliphatic carbocycles. The van der Waals surface area contributed by atoms with Crippen LogP contribution in [0.25, 0.3) is 0 Å². The molecule has 0 radical (unpaired) electrons. The first-order valence-electron chi connectivity index (χ1n) is 7.37. The van der Waals surface area contributed by atoms with Gasteiger partial charge in [-0.15, -0.1) is 0 Å². The zero-order chi connectivity index (χ0) is 13.8. The molecule has 0 unspecified atom stereocenters. The van der Waals surface area contributed by atoms with Crippen molar-refractivity contribution in [2.24, 2.45) is 17.8 Å². The van der Waals surface area contributed by atoms with Crippen molar-refractivity contribution >= 4 is 5.78 Å². The Morgan fingerprint density at radius 2 is 1.89 bits per heavy atom. The minimum absolute atomic E-state index is 0.159. The number of carbonyl (C=O) groups is 1. The second-order valence-electron chi connectivity index (χ2n) is 6.14. The molecule has 0 spiro atoms. The Kier molecular flexibility index (Phi) is 4.57. The molecule has 102 valence electrons. The van der Waals surface area contributed by atoms with Crippen LogP contribution in [0.5, 0.6) is 0 Å². The van der Waals surface area contributed by atoms with Crippen LogP contribution in [-0.4, -0.2) is 5.78 Å². The van der Waals surface area contributed by atoms with Crippen molar-refractivity contribution in [2.45, 2.75) is 40.0 Å². The highest BCUT2D eigenvalue weighted by molar-refractivity contribution is 6.04.